The molecular formula is C12H20N4. The number of hydrogen-bond donors (Lipinski definition) is 1. The maximum Gasteiger partial charge on any atom is 0.149 e. The Hall–Kier alpha value is -1.03. The Bertz CT molecular complexity index is 403. The maximum absolute atomic E-state index is 6.00. The number of nitrogens with zero attached hydrogens (tertiary/aromatic N) is 3. The van der Waals surface area contributed by atoms with Crippen LogP contribution >= 0.6 is 0 Å². The predicted octanol–water partition coefficient (Wildman–Crippen LogP) is 1.57. The van der Waals surface area contributed by atoms with E-state index in [9.17, 15) is 0 Å². The molecule has 4 nitrogen and oxygen atoms in total. The summed E-state index contributed by atoms with van der Waals surface area (Å²) in [6.45, 7) is 6.65. The fraction of sp³-hybridized carbons (Fsp3) is 0.750. The molecule has 2 aliphatic rings. The molecule has 1 aromatic heterocycles. The van der Waals surface area contributed by atoms with Crippen molar-refractivity contribution in [3.05, 3.63) is 11.3 Å². The van der Waals surface area contributed by atoms with E-state index in [0.29, 0.717) is 12.1 Å². The molecule has 16 heavy (non-hydrogen) atoms. The van der Waals surface area contributed by atoms with Crippen LogP contribution in [0.15, 0.2) is 0 Å². The van der Waals surface area contributed by atoms with Crippen LogP contribution < -0.4 is 5.73 Å². The van der Waals surface area contributed by atoms with Gasteiger partial charge in [-0.15, -0.1) is 0 Å². The van der Waals surface area contributed by atoms with Crippen LogP contribution in [0.3, 0.4) is 0 Å². The first-order valence-electron chi connectivity index (χ1n) is 6.26. The highest BCUT2D eigenvalue weighted by Gasteiger charge is 2.32. The molecule has 1 fully saturated rings. The number of nitrogens with two attached hydrogens (primary N) is 1. The summed E-state index contributed by atoms with van der Waals surface area (Å²) in [7, 11) is 0. The van der Waals surface area contributed by atoms with Gasteiger partial charge in [0.05, 0.1) is 11.7 Å². The van der Waals surface area contributed by atoms with Gasteiger partial charge in [0.1, 0.15) is 5.82 Å². The summed E-state index contributed by atoms with van der Waals surface area (Å²) in [5.41, 5.74) is 8.68. The first-order valence-corrected chi connectivity index (χ1v) is 6.26. The molecule has 0 radical (unpaired) electrons. The molecule has 1 saturated carbocycles. The Balaban J connectivity index is 1.94. The Kier molecular flexibility index (Phi) is 2.21. The molecule has 0 spiro atoms. The van der Waals surface area contributed by atoms with E-state index < -0.39 is 0 Å². The fourth-order valence-corrected chi connectivity index (χ4v) is 2.55. The highest BCUT2D eigenvalue weighted by Crippen LogP contribution is 2.38. The lowest BCUT2D eigenvalue weighted by Gasteiger charge is -2.30. The van der Waals surface area contributed by atoms with Crippen molar-refractivity contribution in [2.24, 2.45) is 0 Å². The largest absolute Gasteiger partial charge is 0.382 e. The predicted molar refractivity (Wildman–Crippen MR) is 64.2 cm³/mol. The van der Waals surface area contributed by atoms with E-state index in [4.69, 9.17) is 5.73 Å². The molecule has 3 rings (SSSR count). The quantitative estimate of drug-likeness (QED) is 0.823. The van der Waals surface area contributed by atoms with Gasteiger partial charge in [-0.3, -0.25) is 9.58 Å². The summed E-state index contributed by atoms with van der Waals surface area (Å²) in [6.07, 6.45) is 3.61. The van der Waals surface area contributed by atoms with E-state index in [1.54, 1.807) is 0 Å². The summed E-state index contributed by atoms with van der Waals surface area (Å²) in [4.78, 5) is 2.50. The van der Waals surface area contributed by atoms with Gasteiger partial charge < -0.3 is 5.73 Å². The van der Waals surface area contributed by atoms with Crippen LogP contribution in [0.5, 0.6) is 0 Å². The molecule has 2 N–H and O–H groups in total. The summed E-state index contributed by atoms with van der Waals surface area (Å²) in [5.74, 6) is 0.769. The number of aromatic nitrogens is 2. The van der Waals surface area contributed by atoms with Crippen molar-refractivity contribution in [1.29, 1.82) is 0 Å². The molecule has 0 saturated heterocycles. The van der Waals surface area contributed by atoms with Crippen molar-refractivity contribution in [2.75, 3.05) is 12.3 Å². The second-order valence-corrected chi connectivity index (χ2v) is 5.30. The molecule has 1 aliphatic heterocycles. The Labute approximate surface area is 96.4 Å². The number of anilines is 1. The molecule has 2 heterocycles. The Morgan fingerprint density at radius 3 is 2.75 bits per heavy atom. The molecule has 0 atom stereocenters. The molecular weight excluding hydrogens is 200 g/mol. The van der Waals surface area contributed by atoms with E-state index in [2.05, 4.69) is 28.5 Å². The molecule has 0 amide bonds. The SMILES string of the molecule is CC(C)N1CCc2c(N)nn(C3CC3)c2C1. The zero-order valence-electron chi connectivity index (χ0n) is 10.1. The van der Waals surface area contributed by atoms with Crippen LogP contribution in [-0.4, -0.2) is 27.3 Å². The smallest absolute Gasteiger partial charge is 0.149 e. The van der Waals surface area contributed by atoms with Gasteiger partial charge in [-0.25, -0.2) is 0 Å². The lowest BCUT2D eigenvalue weighted by molar-refractivity contribution is 0.196. The fourth-order valence-electron chi connectivity index (χ4n) is 2.55. The van der Waals surface area contributed by atoms with Crippen molar-refractivity contribution in [1.82, 2.24) is 14.7 Å². The summed E-state index contributed by atoms with van der Waals surface area (Å²) in [6, 6.07) is 1.25. The van der Waals surface area contributed by atoms with Crippen LogP contribution in [0, 0.1) is 0 Å². The molecule has 0 bridgehead atoms. The summed E-state index contributed by atoms with van der Waals surface area (Å²) >= 11 is 0. The maximum atomic E-state index is 6.00. The zero-order valence-corrected chi connectivity index (χ0v) is 10.1. The minimum atomic E-state index is 0.608. The molecule has 4 heteroatoms. The first kappa shape index (κ1) is 10.1. The highest BCUT2D eigenvalue weighted by molar-refractivity contribution is 5.44. The van der Waals surface area contributed by atoms with Gasteiger partial charge in [0, 0.05) is 24.7 Å². The van der Waals surface area contributed by atoms with Crippen LogP contribution in [-0.2, 0) is 13.0 Å². The summed E-state index contributed by atoms with van der Waals surface area (Å²) < 4.78 is 2.19. The first-order chi connectivity index (χ1) is 7.66. The second kappa shape index (κ2) is 3.48. The topological polar surface area (TPSA) is 47.1 Å². The Morgan fingerprint density at radius 2 is 2.12 bits per heavy atom. The Morgan fingerprint density at radius 1 is 1.38 bits per heavy atom. The summed E-state index contributed by atoms with van der Waals surface area (Å²) in [5, 5.41) is 4.52. The van der Waals surface area contributed by atoms with Gasteiger partial charge in [0.25, 0.3) is 0 Å². The van der Waals surface area contributed by atoms with Crippen molar-refractivity contribution < 1.29 is 0 Å². The van der Waals surface area contributed by atoms with Gasteiger partial charge in [0.15, 0.2) is 0 Å². The van der Waals surface area contributed by atoms with E-state index >= 15 is 0 Å². The molecule has 1 aromatic rings. The molecule has 1 aliphatic carbocycles. The minimum Gasteiger partial charge on any atom is -0.382 e. The van der Waals surface area contributed by atoms with Crippen molar-refractivity contribution >= 4 is 5.82 Å². The van der Waals surface area contributed by atoms with E-state index in [1.165, 1.54) is 24.1 Å². The van der Waals surface area contributed by atoms with Crippen molar-refractivity contribution in [3.8, 4) is 0 Å². The van der Waals surface area contributed by atoms with Gasteiger partial charge in [0.2, 0.25) is 0 Å². The van der Waals surface area contributed by atoms with Crippen LogP contribution in [0.1, 0.15) is 44.0 Å². The lowest BCUT2D eigenvalue weighted by Crippen LogP contribution is -2.36. The third-order valence-corrected chi connectivity index (χ3v) is 3.77. The molecule has 0 unspecified atom stereocenters. The third kappa shape index (κ3) is 1.52. The monoisotopic (exact) mass is 220 g/mol. The zero-order chi connectivity index (χ0) is 11.3. The van der Waals surface area contributed by atoms with Crippen LogP contribution in [0.4, 0.5) is 5.82 Å². The average molecular weight is 220 g/mol. The number of hydrogen-bond acceptors (Lipinski definition) is 3. The number of fused-ring (bicyclic) bond motifs is 1. The highest BCUT2D eigenvalue weighted by atomic mass is 15.4. The van der Waals surface area contributed by atoms with Gasteiger partial charge in [-0.1, -0.05) is 0 Å². The van der Waals surface area contributed by atoms with Gasteiger partial charge in [-0.05, 0) is 33.1 Å². The van der Waals surface area contributed by atoms with Gasteiger partial charge >= 0.3 is 0 Å². The molecule has 88 valence electrons. The number of rotatable bonds is 2. The van der Waals surface area contributed by atoms with Crippen LogP contribution in [0.2, 0.25) is 0 Å². The van der Waals surface area contributed by atoms with Crippen molar-refractivity contribution in [3.63, 3.8) is 0 Å². The third-order valence-electron chi connectivity index (χ3n) is 3.77. The lowest BCUT2D eigenvalue weighted by atomic mass is 10.1. The molecule has 0 aromatic carbocycles. The van der Waals surface area contributed by atoms with E-state index in [1.807, 2.05) is 0 Å². The normalized spacial score (nSPS) is 21.4. The standard InChI is InChI=1S/C12H20N4/c1-8(2)15-6-5-10-11(7-15)16(9-3-4-9)14-12(10)13/h8-9H,3-7H2,1-2H3,(H2,13,14). The minimum absolute atomic E-state index is 0.608. The van der Waals surface area contributed by atoms with E-state index in [-0.39, 0.29) is 0 Å². The van der Waals surface area contributed by atoms with Crippen LogP contribution in [0.25, 0.3) is 0 Å². The number of nitrogen functional groups attached to an aromatic ring is 1. The average Bonchev–Trinajstić information content (AvgIpc) is 3.04. The van der Waals surface area contributed by atoms with Crippen molar-refractivity contribution in [2.45, 2.75) is 51.7 Å². The second-order valence-electron chi connectivity index (χ2n) is 5.30. The van der Waals surface area contributed by atoms with Gasteiger partial charge in [-0.2, -0.15) is 5.10 Å². The van der Waals surface area contributed by atoms with E-state index in [0.717, 1.165) is 25.3 Å².